The molecule has 0 atom stereocenters. The highest BCUT2D eigenvalue weighted by Gasteiger charge is 2.13. The number of carbonyl (C=O) groups excluding carboxylic acids is 1. The molecule has 138 valence electrons. The fraction of sp³-hybridized carbons (Fsp3) is 0.409. The summed E-state index contributed by atoms with van der Waals surface area (Å²) in [6.45, 7) is 7.67. The van der Waals surface area contributed by atoms with Crippen LogP contribution in [0.3, 0.4) is 0 Å². The summed E-state index contributed by atoms with van der Waals surface area (Å²) in [6.07, 6.45) is 4.05. The quantitative estimate of drug-likeness (QED) is 0.839. The summed E-state index contributed by atoms with van der Waals surface area (Å²) in [5.74, 6) is 0.616. The predicted molar refractivity (Wildman–Crippen MR) is 105 cm³/mol. The minimum Gasteiger partial charge on any atom is -0.483 e. The molecule has 2 N–H and O–H groups in total. The molecule has 0 bridgehead atoms. The van der Waals surface area contributed by atoms with Gasteiger partial charge < -0.3 is 15.0 Å². The summed E-state index contributed by atoms with van der Waals surface area (Å²) in [6, 6.07) is 14.1. The highest BCUT2D eigenvalue weighted by Crippen LogP contribution is 2.18. The van der Waals surface area contributed by atoms with Gasteiger partial charge in [-0.2, -0.15) is 0 Å². The lowest BCUT2D eigenvalue weighted by Gasteiger charge is -2.23. The van der Waals surface area contributed by atoms with Crippen molar-refractivity contribution in [2.24, 2.45) is 0 Å². The lowest BCUT2D eigenvalue weighted by Crippen LogP contribution is -3.11. The number of nitrogens with one attached hydrogen (secondary N) is 2. The molecular formula is C22H29N2O2+. The van der Waals surface area contributed by atoms with Gasteiger partial charge in [0.1, 0.15) is 12.3 Å². The van der Waals surface area contributed by atoms with Crippen LogP contribution in [-0.4, -0.2) is 25.6 Å². The van der Waals surface area contributed by atoms with E-state index in [1.165, 1.54) is 43.5 Å². The van der Waals surface area contributed by atoms with Crippen LogP contribution in [0.4, 0.5) is 5.69 Å². The summed E-state index contributed by atoms with van der Waals surface area (Å²) in [4.78, 5) is 13.8. The molecule has 1 heterocycles. The second-order valence-corrected chi connectivity index (χ2v) is 7.29. The summed E-state index contributed by atoms with van der Waals surface area (Å²) in [5, 5.41) is 2.90. The molecule has 26 heavy (non-hydrogen) atoms. The number of hydrogen-bond acceptors (Lipinski definition) is 2. The van der Waals surface area contributed by atoms with E-state index in [1.807, 2.05) is 38.1 Å². The highest BCUT2D eigenvalue weighted by molar-refractivity contribution is 5.91. The Kier molecular flexibility index (Phi) is 6.29. The lowest BCUT2D eigenvalue weighted by atomic mass is 10.1. The van der Waals surface area contributed by atoms with E-state index in [0.717, 1.165) is 23.5 Å². The topological polar surface area (TPSA) is 42.8 Å². The van der Waals surface area contributed by atoms with Gasteiger partial charge in [0.15, 0.2) is 6.61 Å². The number of anilines is 1. The molecule has 0 radical (unpaired) electrons. The fourth-order valence-electron chi connectivity index (χ4n) is 3.52. The van der Waals surface area contributed by atoms with Crippen molar-refractivity contribution in [3.05, 3.63) is 59.2 Å². The van der Waals surface area contributed by atoms with Crippen molar-refractivity contribution in [1.29, 1.82) is 0 Å². The van der Waals surface area contributed by atoms with Crippen LogP contribution in [0.15, 0.2) is 42.5 Å². The number of aryl methyl sites for hydroxylation is 2. The largest absolute Gasteiger partial charge is 0.483 e. The van der Waals surface area contributed by atoms with Gasteiger partial charge in [0.05, 0.1) is 13.1 Å². The van der Waals surface area contributed by atoms with Gasteiger partial charge in [-0.05, 0) is 56.9 Å². The molecule has 4 heteroatoms. The summed E-state index contributed by atoms with van der Waals surface area (Å²) < 4.78 is 5.63. The smallest absolute Gasteiger partial charge is 0.262 e. The van der Waals surface area contributed by atoms with E-state index in [0.29, 0.717) is 0 Å². The van der Waals surface area contributed by atoms with Crippen LogP contribution in [-0.2, 0) is 11.3 Å². The zero-order valence-corrected chi connectivity index (χ0v) is 15.8. The number of hydrogen-bond donors (Lipinski definition) is 2. The zero-order chi connectivity index (χ0) is 18.4. The van der Waals surface area contributed by atoms with Gasteiger partial charge in [0.2, 0.25) is 0 Å². The second kappa shape index (κ2) is 8.86. The van der Waals surface area contributed by atoms with Crippen molar-refractivity contribution in [2.75, 3.05) is 25.0 Å². The maximum atomic E-state index is 12.1. The van der Waals surface area contributed by atoms with Crippen LogP contribution in [0.25, 0.3) is 0 Å². The first-order chi connectivity index (χ1) is 12.6. The molecule has 2 aromatic carbocycles. The van der Waals surface area contributed by atoms with Crippen molar-refractivity contribution < 1.29 is 14.4 Å². The van der Waals surface area contributed by atoms with Crippen LogP contribution in [0.2, 0.25) is 0 Å². The Morgan fingerprint density at radius 2 is 1.77 bits per heavy atom. The molecule has 0 aromatic heterocycles. The molecule has 0 saturated carbocycles. The van der Waals surface area contributed by atoms with E-state index in [9.17, 15) is 4.79 Å². The van der Waals surface area contributed by atoms with Crippen molar-refractivity contribution in [1.82, 2.24) is 0 Å². The second-order valence-electron chi connectivity index (χ2n) is 7.29. The third-order valence-corrected chi connectivity index (χ3v) is 4.94. The monoisotopic (exact) mass is 353 g/mol. The Bertz CT molecular complexity index is 734. The predicted octanol–water partition coefficient (Wildman–Crippen LogP) is 2.89. The Hall–Kier alpha value is -2.33. The van der Waals surface area contributed by atoms with Gasteiger partial charge in [-0.1, -0.05) is 29.8 Å². The normalized spacial score (nSPS) is 14.8. The number of carbonyl (C=O) groups is 1. The number of amides is 1. The number of ether oxygens (including phenoxy) is 1. The van der Waals surface area contributed by atoms with Gasteiger partial charge in [-0.15, -0.1) is 0 Å². The lowest BCUT2D eigenvalue weighted by molar-refractivity contribution is -0.918. The van der Waals surface area contributed by atoms with Crippen LogP contribution in [0, 0.1) is 13.8 Å². The molecule has 1 aliphatic rings. The number of rotatable bonds is 6. The summed E-state index contributed by atoms with van der Waals surface area (Å²) >= 11 is 0. The Labute approximate surface area is 156 Å². The van der Waals surface area contributed by atoms with Gasteiger partial charge in [-0.25, -0.2) is 0 Å². The van der Waals surface area contributed by atoms with Crippen molar-refractivity contribution in [3.8, 4) is 5.75 Å². The van der Waals surface area contributed by atoms with E-state index in [4.69, 9.17) is 4.74 Å². The molecule has 3 rings (SSSR count). The van der Waals surface area contributed by atoms with Gasteiger partial charge in [0.25, 0.3) is 5.91 Å². The van der Waals surface area contributed by atoms with E-state index >= 15 is 0 Å². The van der Waals surface area contributed by atoms with Gasteiger partial charge in [0, 0.05) is 11.3 Å². The highest BCUT2D eigenvalue weighted by atomic mass is 16.5. The van der Waals surface area contributed by atoms with Crippen molar-refractivity contribution in [3.63, 3.8) is 0 Å². The van der Waals surface area contributed by atoms with Crippen molar-refractivity contribution in [2.45, 2.75) is 39.7 Å². The molecule has 0 aliphatic carbocycles. The number of benzene rings is 2. The van der Waals surface area contributed by atoms with Crippen molar-refractivity contribution >= 4 is 11.6 Å². The Morgan fingerprint density at radius 3 is 2.46 bits per heavy atom. The Morgan fingerprint density at radius 1 is 1.04 bits per heavy atom. The first-order valence-corrected chi connectivity index (χ1v) is 9.52. The standard InChI is InChI=1S/C22H28N2O2/c1-17-6-11-21(18(2)14-17)26-16-22(25)23-20-9-7-19(8-10-20)15-24-12-4-3-5-13-24/h6-11,14H,3-5,12-13,15-16H2,1-2H3,(H,23,25)/p+1. The van der Waals surface area contributed by atoms with Crippen LogP contribution >= 0.6 is 0 Å². The zero-order valence-electron chi connectivity index (χ0n) is 15.8. The molecule has 4 nitrogen and oxygen atoms in total. The first kappa shape index (κ1) is 18.5. The molecule has 1 aliphatic heterocycles. The molecule has 0 spiro atoms. The first-order valence-electron chi connectivity index (χ1n) is 9.52. The molecule has 1 fully saturated rings. The van der Waals surface area contributed by atoms with Crippen LogP contribution in [0.5, 0.6) is 5.75 Å². The molecule has 0 unspecified atom stereocenters. The van der Waals surface area contributed by atoms with Crippen LogP contribution < -0.4 is 15.0 Å². The number of likely N-dealkylation sites (tertiary alicyclic amines) is 1. The van der Waals surface area contributed by atoms with E-state index in [1.54, 1.807) is 4.90 Å². The fourth-order valence-corrected chi connectivity index (χ4v) is 3.52. The Balaban J connectivity index is 1.47. The maximum Gasteiger partial charge on any atom is 0.262 e. The third kappa shape index (κ3) is 5.33. The summed E-state index contributed by atoms with van der Waals surface area (Å²) in [7, 11) is 0. The minimum absolute atomic E-state index is 0.0174. The number of piperidine rings is 1. The van der Waals surface area contributed by atoms with E-state index < -0.39 is 0 Å². The molecule has 1 amide bonds. The van der Waals surface area contributed by atoms with Gasteiger partial charge in [-0.3, -0.25) is 4.79 Å². The third-order valence-electron chi connectivity index (χ3n) is 4.94. The SMILES string of the molecule is Cc1ccc(OCC(=O)Nc2ccc(C[NH+]3CCCCC3)cc2)c(C)c1. The number of quaternary nitrogens is 1. The average molecular weight is 353 g/mol. The van der Waals surface area contributed by atoms with Gasteiger partial charge >= 0.3 is 0 Å². The molecule has 2 aromatic rings. The molecular weight excluding hydrogens is 324 g/mol. The maximum absolute atomic E-state index is 12.1. The average Bonchev–Trinajstić information content (AvgIpc) is 2.63. The van der Waals surface area contributed by atoms with E-state index in [-0.39, 0.29) is 12.5 Å². The minimum atomic E-state index is -0.139. The molecule has 1 saturated heterocycles. The summed E-state index contributed by atoms with van der Waals surface area (Å²) in [5.41, 5.74) is 4.37. The van der Waals surface area contributed by atoms with Crippen LogP contribution in [0.1, 0.15) is 36.0 Å². The van der Waals surface area contributed by atoms with E-state index in [2.05, 4.69) is 23.5 Å².